The van der Waals surface area contributed by atoms with Crippen LogP contribution >= 0.6 is 0 Å². The van der Waals surface area contributed by atoms with Gasteiger partial charge in [-0.3, -0.25) is 9.36 Å². The fourth-order valence-corrected chi connectivity index (χ4v) is 1.71. The zero-order chi connectivity index (χ0) is 14.5. The molecular weight excluding hydrogens is 259 g/mol. The molecule has 1 aromatic heterocycles. The summed E-state index contributed by atoms with van der Waals surface area (Å²) in [7, 11) is 0. The van der Waals surface area contributed by atoms with E-state index in [1.165, 1.54) is 23.0 Å². The first-order chi connectivity index (χ1) is 9.60. The van der Waals surface area contributed by atoms with E-state index >= 15 is 0 Å². The van der Waals surface area contributed by atoms with Crippen molar-refractivity contribution in [3.8, 4) is 11.8 Å². The minimum absolute atomic E-state index is 0.117. The molecule has 1 heterocycles. The van der Waals surface area contributed by atoms with Crippen molar-refractivity contribution in [2.75, 3.05) is 6.61 Å². The third-order valence-corrected chi connectivity index (χ3v) is 2.72. The average molecular weight is 272 g/mol. The molecule has 0 aliphatic heterocycles. The SMILES string of the molecule is Cc1cc(=O)n(Cc2ccc(C#CCO)cc2F)cn1. The van der Waals surface area contributed by atoms with Crippen molar-refractivity contribution < 1.29 is 9.50 Å². The maximum absolute atomic E-state index is 13.9. The van der Waals surface area contributed by atoms with Gasteiger partial charge in [0.1, 0.15) is 12.4 Å². The fourth-order valence-electron chi connectivity index (χ4n) is 1.71. The minimum Gasteiger partial charge on any atom is -0.384 e. The van der Waals surface area contributed by atoms with E-state index in [0.717, 1.165) is 0 Å². The molecule has 0 bridgehead atoms. The maximum Gasteiger partial charge on any atom is 0.253 e. The molecule has 0 radical (unpaired) electrons. The predicted molar refractivity (Wildman–Crippen MR) is 72.7 cm³/mol. The van der Waals surface area contributed by atoms with E-state index < -0.39 is 5.82 Å². The Hall–Kier alpha value is -2.45. The van der Waals surface area contributed by atoms with Gasteiger partial charge in [0.15, 0.2) is 0 Å². The highest BCUT2D eigenvalue weighted by molar-refractivity contribution is 5.37. The number of aliphatic hydroxyl groups is 1. The van der Waals surface area contributed by atoms with Crippen molar-refractivity contribution in [2.45, 2.75) is 13.5 Å². The highest BCUT2D eigenvalue weighted by atomic mass is 19.1. The summed E-state index contributed by atoms with van der Waals surface area (Å²) in [6.45, 7) is 1.57. The summed E-state index contributed by atoms with van der Waals surface area (Å²) in [6, 6.07) is 5.90. The molecule has 2 aromatic rings. The Labute approximate surface area is 115 Å². The molecule has 0 saturated carbocycles. The van der Waals surface area contributed by atoms with E-state index in [4.69, 9.17) is 5.11 Å². The maximum atomic E-state index is 13.9. The Morgan fingerprint density at radius 3 is 2.85 bits per heavy atom. The first-order valence-corrected chi connectivity index (χ1v) is 6.01. The van der Waals surface area contributed by atoms with Crippen molar-refractivity contribution in [1.82, 2.24) is 9.55 Å². The molecule has 0 saturated heterocycles. The average Bonchev–Trinajstić information content (AvgIpc) is 2.42. The number of rotatable bonds is 2. The van der Waals surface area contributed by atoms with Gasteiger partial charge in [0.05, 0.1) is 12.9 Å². The second-order valence-electron chi connectivity index (χ2n) is 4.26. The van der Waals surface area contributed by atoms with Gasteiger partial charge in [-0.25, -0.2) is 9.37 Å². The van der Waals surface area contributed by atoms with Crippen LogP contribution in [0.25, 0.3) is 0 Å². The Morgan fingerprint density at radius 1 is 1.40 bits per heavy atom. The van der Waals surface area contributed by atoms with Crippen molar-refractivity contribution in [2.24, 2.45) is 0 Å². The number of aryl methyl sites for hydroxylation is 1. The van der Waals surface area contributed by atoms with Gasteiger partial charge in [-0.1, -0.05) is 17.9 Å². The summed E-state index contributed by atoms with van der Waals surface area (Å²) in [5.41, 5.74) is 1.27. The number of benzene rings is 1. The van der Waals surface area contributed by atoms with Gasteiger partial charge in [-0.05, 0) is 19.1 Å². The lowest BCUT2D eigenvalue weighted by Gasteiger charge is -2.07. The van der Waals surface area contributed by atoms with Crippen LogP contribution in [0.2, 0.25) is 0 Å². The molecule has 1 N–H and O–H groups in total. The summed E-state index contributed by atoms with van der Waals surface area (Å²) < 4.78 is 15.2. The summed E-state index contributed by atoms with van der Waals surface area (Å²) in [5.74, 6) is 4.63. The smallest absolute Gasteiger partial charge is 0.253 e. The summed E-state index contributed by atoms with van der Waals surface area (Å²) >= 11 is 0. The van der Waals surface area contributed by atoms with Gasteiger partial charge < -0.3 is 5.11 Å². The quantitative estimate of drug-likeness (QED) is 0.832. The van der Waals surface area contributed by atoms with Crippen LogP contribution in [0.4, 0.5) is 4.39 Å². The zero-order valence-electron chi connectivity index (χ0n) is 10.9. The minimum atomic E-state index is -0.442. The molecule has 0 aliphatic rings. The van der Waals surface area contributed by atoms with Gasteiger partial charge in [0.25, 0.3) is 5.56 Å². The molecular formula is C15H13FN2O2. The molecule has 4 nitrogen and oxygen atoms in total. The Balaban J connectivity index is 2.28. The number of halogens is 1. The Morgan fingerprint density at radius 2 is 2.20 bits per heavy atom. The topological polar surface area (TPSA) is 55.1 Å². The highest BCUT2D eigenvalue weighted by Crippen LogP contribution is 2.10. The molecule has 0 unspecified atom stereocenters. The van der Waals surface area contributed by atoms with E-state index in [9.17, 15) is 9.18 Å². The van der Waals surface area contributed by atoms with Gasteiger partial charge in [0, 0.05) is 22.9 Å². The molecule has 0 fully saturated rings. The van der Waals surface area contributed by atoms with Crippen molar-refractivity contribution in [1.29, 1.82) is 0 Å². The highest BCUT2D eigenvalue weighted by Gasteiger charge is 2.05. The van der Waals surface area contributed by atoms with Crippen LogP contribution in [0.3, 0.4) is 0 Å². The van der Waals surface area contributed by atoms with Gasteiger partial charge in [0.2, 0.25) is 0 Å². The Bertz CT molecular complexity index is 742. The van der Waals surface area contributed by atoms with Crippen molar-refractivity contribution in [3.05, 3.63) is 63.6 Å². The Kier molecular flexibility index (Phi) is 4.28. The lowest BCUT2D eigenvalue weighted by molar-refractivity contribution is 0.350. The standard InChI is InChI=1S/C15H13FN2O2/c1-11-7-15(20)18(10-17-11)9-13-5-4-12(3-2-6-19)8-14(13)16/h4-5,7-8,10,19H,6,9H2,1H3. The predicted octanol–water partition coefficient (Wildman–Crippen LogP) is 1.08. The number of hydrogen-bond acceptors (Lipinski definition) is 3. The first kappa shape index (κ1) is 14.0. The van der Waals surface area contributed by atoms with E-state index in [-0.39, 0.29) is 18.7 Å². The summed E-state index contributed by atoms with van der Waals surface area (Å²) in [6.07, 6.45) is 1.40. The number of aromatic nitrogens is 2. The van der Waals surface area contributed by atoms with Gasteiger partial charge in [-0.15, -0.1) is 0 Å². The number of aliphatic hydroxyl groups excluding tert-OH is 1. The monoisotopic (exact) mass is 272 g/mol. The molecule has 1 aromatic carbocycles. The molecule has 2 rings (SSSR count). The van der Waals surface area contributed by atoms with E-state index in [0.29, 0.717) is 16.8 Å². The van der Waals surface area contributed by atoms with Crippen LogP contribution in [0.1, 0.15) is 16.8 Å². The second-order valence-corrected chi connectivity index (χ2v) is 4.26. The van der Waals surface area contributed by atoms with Crippen molar-refractivity contribution in [3.63, 3.8) is 0 Å². The number of hydrogen-bond donors (Lipinski definition) is 1. The van der Waals surface area contributed by atoms with E-state index in [2.05, 4.69) is 16.8 Å². The van der Waals surface area contributed by atoms with Gasteiger partial charge in [-0.2, -0.15) is 0 Å². The second kappa shape index (κ2) is 6.13. The largest absolute Gasteiger partial charge is 0.384 e. The third-order valence-electron chi connectivity index (χ3n) is 2.72. The molecule has 0 aliphatic carbocycles. The van der Waals surface area contributed by atoms with Crippen molar-refractivity contribution >= 4 is 0 Å². The molecule has 0 amide bonds. The summed E-state index contributed by atoms with van der Waals surface area (Å²) in [4.78, 5) is 15.7. The normalized spacial score (nSPS) is 9.95. The molecule has 5 heteroatoms. The molecule has 20 heavy (non-hydrogen) atoms. The fraction of sp³-hybridized carbons (Fsp3) is 0.200. The molecule has 102 valence electrons. The van der Waals surface area contributed by atoms with Crippen LogP contribution in [0.5, 0.6) is 0 Å². The zero-order valence-corrected chi connectivity index (χ0v) is 10.9. The van der Waals surface area contributed by atoms with Crippen LogP contribution in [0.15, 0.2) is 35.4 Å². The first-order valence-electron chi connectivity index (χ1n) is 6.01. The molecule has 0 atom stereocenters. The van der Waals surface area contributed by atoms with Gasteiger partial charge >= 0.3 is 0 Å². The molecule has 0 spiro atoms. The van der Waals surface area contributed by atoms with E-state index in [1.807, 2.05) is 0 Å². The summed E-state index contributed by atoms with van der Waals surface area (Å²) in [5, 5.41) is 8.59. The van der Waals surface area contributed by atoms with Crippen LogP contribution in [0, 0.1) is 24.6 Å². The lowest BCUT2D eigenvalue weighted by Crippen LogP contribution is -2.21. The number of nitrogens with zero attached hydrogens (tertiary/aromatic N) is 2. The van der Waals surface area contributed by atoms with Crippen LogP contribution in [-0.2, 0) is 6.54 Å². The van der Waals surface area contributed by atoms with Crippen LogP contribution in [-0.4, -0.2) is 21.3 Å². The lowest BCUT2D eigenvalue weighted by atomic mass is 10.1. The van der Waals surface area contributed by atoms with Crippen LogP contribution < -0.4 is 5.56 Å². The third kappa shape index (κ3) is 3.31. The van der Waals surface area contributed by atoms with E-state index in [1.54, 1.807) is 19.1 Å².